The summed E-state index contributed by atoms with van der Waals surface area (Å²) in [5.41, 5.74) is 1.01. The van der Waals surface area contributed by atoms with Crippen molar-refractivity contribution < 1.29 is 18.3 Å². The fraction of sp³-hybridized carbons (Fsp3) is 0.562. The number of hydrogen-bond acceptors (Lipinski definition) is 3. The van der Waals surface area contributed by atoms with E-state index in [0.717, 1.165) is 5.56 Å². The Labute approximate surface area is 140 Å². The molecule has 24 heavy (non-hydrogen) atoms. The predicted octanol–water partition coefficient (Wildman–Crippen LogP) is 1.42. The third-order valence-electron chi connectivity index (χ3n) is 3.47. The fourth-order valence-electron chi connectivity index (χ4n) is 2.20. The van der Waals surface area contributed by atoms with Crippen molar-refractivity contribution in [2.24, 2.45) is 4.99 Å². The molecule has 0 saturated heterocycles. The van der Waals surface area contributed by atoms with Gasteiger partial charge in [-0.15, -0.1) is 0 Å². The molecule has 0 spiro atoms. The second-order valence-electron chi connectivity index (χ2n) is 5.52. The molecular formula is C16H25F3N4O. The highest BCUT2D eigenvalue weighted by Gasteiger charge is 2.28. The van der Waals surface area contributed by atoms with Crippen molar-refractivity contribution in [3.63, 3.8) is 0 Å². The summed E-state index contributed by atoms with van der Waals surface area (Å²) in [5.74, 6) is 0.405. The highest BCUT2D eigenvalue weighted by atomic mass is 19.4. The predicted molar refractivity (Wildman–Crippen MR) is 89.2 cm³/mol. The summed E-state index contributed by atoms with van der Waals surface area (Å²) in [6.07, 6.45) is -4.20. The Hall–Kier alpha value is -1.80. The van der Waals surface area contributed by atoms with Gasteiger partial charge < -0.3 is 15.7 Å². The average Bonchev–Trinajstić information content (AvgIpc) is 2.53. The smallest absolute Gasteiger partial charge is 0.396 e. The molecule has 1 aromatic rings. The first-order valence-electron chi connectivity index (χ1n) is 7.71. The van der Waals surface area contributed by atoms with Gasteiger partial charge in [-0.1, -0.05) is 30.3 Å². The van der Waals surface area contributed by atoms with Gasteiger partial charge in [0, 0.05) is 32.6 Å². The van der Waals surface area contributed by atoms with Gasteiger partial charge in [0.25, 0.3) is 0 Å². The van der Waals surface area contributed by atoms with Gasteiger partial charge in [0.15, 0.2) is 5.96 Å². The highest BCUT2D eigenvalue weighted by Crippen LogP contribution is 2.15. The van der Waals surface area contributed by atoms with Crippen LogP contribution in [0.2, 0.25) is 0 Å². The van der Waals surface area contributed by atoms with E-state index in [2.05, 4.69) is 15.6 Å². The molecule has 1 atom stereocenters. The SMILES string of the molecule is CN=C(NCCN(C)CC(F)(F)F)NCC(CO)c1ccccc1. The molecule has 0 radical (unpaired) electrons. The van der Waals surface area contributed by atoms with Crippen molar-refractivity contribution in [1.29, 1.82) is 0 Å². The molecule has 0 amide bonds. The van der Waals surface area contributed by atoms with Crippen LogP contribution in [-0.4, -0.2) is 69.0 Å². The fourth-order valence-corrected chi connectivity index (χ4v) is 2.20. The van der Waals surface area contributed by atoms with Crippen molar-refractivity contribution in [2.45, 2.75) is 12.1 Å². The van der Waals surface area contributed by atoms with Gasteiger partial charge in [-0.25, -0.2) is 0 Å². The lowest BCUT2D eigenvalue weighted by Crippen LogP contribution is -2.43. The Morgan fingerprint density at radius 1 is 1.25 bits per heavy atom. The third-order valence-corrected chi connectivity index (χ3v) is 3.47. The summed E-state index contributed by atoms with van der Waals surface area (Å²) >= 11 is 0. The number of guanidine groups is 1. The lowest BCUT2D eigenvalue weighted by molar-refractivity contribution is -0.142. The Balaban J connectivity index is 2.37. The maximum absolute atomic E-state index is 12.2. The van der Waals surface area contributed by atoms with Gasteiger partial charge in [0.2, 0.25) is 0 Å². The first-order valence-corrected chi connectivity index (χ1v) is 7.71. The Kier molecular flexibility index (Phi) is 8.56. The van der Waals surface area contributed by atoms with Gasteiger partial charge in [-0.05, 0) is 12.6 Å². The number of aliphatic hydroxyl groups excluding tert-OH is 1. The summed E-state index contributed by atoms with van der Waals surface area (Å²) in [7, 11) is 3.01. The Morgan fingerprint density at radius 2 is 1.92 bits per heavy atom. The van der Waals surface area contributed by atoms with Crippen molar-refractivity contribution in [2.75, 3.05) is 46.9 Å². The number of nitrogens with zero attached hydrogens (tertiary/aromatic N) is 2. The minimum absolute atomic E-state index is 0.0116. The van der Waals surface area contributed by atoms with Crippen LogP contribution in [0.1, 0.15) is 11.5 Å². The first kappa shape index (κ1) is 20.2. The molecule has 136 valence electrons. The molecule has 1 rings (SSSR count). The van der Waals surface area contributed by atoms with Crippen LogP contribution < -0.4 is 10.6 Å². The molecule has 0 heterocycles. The van der Waals surface area contributed by atoms with Crippen molar-refractivity contribution >= 4 is 5.96 Å². The topological polar surface area (TPSA) is 59.9 Å². The maximum atomic E-state index is 12.2. The Bertz CT molecular complexity index is 494. The van der Waals surface area contributed by atoms with Gasteiger partial charge in [0.1, 0.15) is 0 Å². The quantitative estimate of drug-likeness (QED) is 0.492. The van der Waals surface area contributed by atoms with Crippen LogP contribution >= 0.6 is 0 Å². The zero-order chi connectivity index (χ0) is 18.0. The number of aliphatic imine (C=N–C) groups is 1. The molecule has 0 aliphatic heterocycles. The van der Waals surface area contributed by atoms with E-state index in [0.29, 0.717) is 19.0 Å². The molecule has 0 fully saturated rings. The zero-order valence-corrected chi connectivity index (χ0v) is 14.0. The molecule has 3 N–H and O–H groups in total. The van der Waals surface area contributed by atoms with Crippen LogP contribution in [0.5, 0.6) is 0 Å². The summed E-state index contributed by atoms with van der Waals surface area (Å²) in [6.45, 7) is 0.0892. The van der Waals surface area contributed by atoms with E-state index in [1.54, 1.807) is 7.05 Å². The van der Waals surface area contributed by atoms with Crippen LogP contribution in [0.25, 0.3) is 0 Å². The molecule has 0 aliphatic carbocycles. The first-order chi connectivity index (χ1) is 11.4. The number of hydrogen-bond donors (Lipinski definition) is 3. The van der Waals surface area contributed by atoms with Gasteiger partial charge in [-0.3, -0.25) is 9.89 Å². The van der Waals surface area contributed by atoms with E-state index >= 15 is 0 Å². The summed E-state index contributed by atoms with van der Waals surface area (Å²) in [6, 6.07) is 9.59. The number of rotatable bonds is 8. The maximum Gasteiger partial charge on any atom is 0.401 e. The molecule has 0 aliphatic rings. The molecule has 0 saturated carbocycles. The Morgan fingerprint density at radius 3 is 2.46 bits per heavy atom. The third kappa shape index (κ3) is 8.16. The highest BCUT2D eigenvalue weighted by molar-refractivity contribution is 5.79. The van der Waals surface area contributed by atoms with Crippen LogP contribution in [0.3, 0.4) is 0 Å². The summed E-state index contributed by atoms with van der Waals surface area (Å²) in [4.78, 5) is 5.23. The summed E-state index contributed by atoms with van der Waals surface area (Å²) < 4.78 is 36.7. The van der Waals surface area contributed by atoms with Crippen molar-refractivity contribution in [3.05, 3.63) is 35.9 Å². The van der Waals surface area contributed by atoms with Gasteiger partial charge in [0.05, 0.1) is 13.2 Å². The minimum atomic E-state index is -4.20. The van der Waals surface area contributed by atoms with Gasteiger partial charge >= 0.3 is 6.18 Å². The number of aliphatic hydroxyl groups is 1. The van der Waals surface area contributed by atoms with E-state index in [1.165, 1.54) is 11.9 Å². The van der Waals surface area contributed by atoms with E-state index < -0.39 is 12.7 Å². The molecule has 1 unspecified atom stereocenters. The van der Waals surface area contributed by atoms with Crippen LogP contribution in [-0.2, 0) is 0 Å². The second-order valence-corrected chi connectivity index (χ2v) is 5.52. The normalized spacial score (nSPS) is 13.9. The molecule has 0 bridgehead atoms. The van der Waals surface area contributed by atoms with E-state index in [9.17, 15) is 18.3 Å². The monoisotopic (exact) mass is 346 g/mol. The van der Waals surface area contributed by atoms with E-state index in [4.69, 9.17) is 0 Å². The lowest BCUT2D eigenvalue weighted by Gasteiger charge is -2.21. The van der Waals surface area contributed by atoms with Crippen LogP contribution in [0, 0.1) is 0 Å². The minimum Gasteiger partial charge on any atom is -0.396 e. The molecule has 5 nitrogen and oxygen atoms in total. The lowest BCUT2D eigenvalue weighted by atomic mass is 10.0. The van der Waals surface area contributed by atoms with Crippen molar-refractivity contribution in [1.82, 2.24) is 15.5 Å². The van der Waals surface area contributed by atoms with Crippen molar-refractivity contribution in [3.8, 4) is 0 Å². The number of nitrogens with one attached hydrogen (secondary N) is 2. The molecule has 0 aromatic heterocycles. The number of benzene rings is 1. The standard InChI is InChI=1S/C16H25F3N4O/c1-20-15(21-8-9-23(2)12-16(17,18)19)22-10-14(11-24)13-6-4-3-5-7-13/h3-7,14,24H,8-12H2,1-2H3,(H2,20,21,22). The molecule has 1 aromatic carbocycles. The van der Waals surface area contributed by atoms with Crippen LogP contribution in [0.15, 0.2) is 35.3 Å². The summed E-state index contributed by atoms with van der Waals surface area (Å²) in [5, 5.41) is 15.6. The molecular weight excluding hydrogens is 321 g/mol. The van der Waals surface area contributed by atoms with Gasteiger partial charge in [-0.2, -0.15) is 13.2 Å². The van der Waals surface area contributed by atoms with Crippen LogP contribution in [0.4, 0.5) is 13.2 Å². The average molecular weight is 346 g/mol. The number of halogens is 3. The second kappa shape index (κ2) is 10.1. The number of alkyl halides is 3. The molecule has 8 heteroatoms. The number of likely N-dealkylation sites (N-methyl/N-ethyl adjacent to an activating group) is 1. The zero-order valence-electron chi connectivity index (χ0n) is 14.0. The van der Waals surface area contributed by atoms with E-state index in [-0.39, 0.29) is 19.1 Å². The van der Waals surface area contributed by atoms with E-state index in [1.807, 2.05) is 30.3 Å². The largest absolute Gasteiger partial charge is 0.401 e.